The summed E-state index contributed by atoms with van der Waals surface area (Å²) < 4.78 is 79.7. The van der Waals surface area contributed by atoms with E-state index in [1.807, 2.05) is 37.5 Å². The van der Waals surface area contributed by atoms with Crippen LogP contribution in [0.25, 0.3) is 0 Å². The summed E-state index contributed by atoms with van der Waals surface area (Å²) in [6.45, 7) is 10.2. The predicted molar refractivity (Wildman–Crippen MR) is 238 cm³/mol. The molecule has 330 valence electrons. The number of nitrogens with one attached hydrogen (secondary N) is 2. The van der Waals surface area contributed by atoms with Crippen LogP contribution in [0.3, 0.4) is 0 Å². The number of aromatic nitrogens is 3. The molecule has 1 aromatic heterocycles. The first-order valence-corrected chi connectivity index (χ1v) is 23.0. The average Bonchev–Trinajstić information content (AvgIpc) is 3.25. The van der Waals surface area contributed by atoms with Gasteiger partial charge in [-0.2, -0.15) is 31.8 Å². The Bertz CT molecular complexity index is 2470. The standard InChI is InChI=1S/C39H47N11O9S3/c1-7-49(8-2)31-21-27(29(23-33(31)58-5)47-45-25-15-11-13-17-35(25)61(52,53)54)40-37-42-38(44-39(43-37)60-20-19-51)41-28-22-32(50(9-3)10-4)34(59-6)24-30(28)48-46-26-16-12-14-18-36(26)62(55,56)57/h11-18,21-24,51H,7-10,19-20H2,1-6H3,(H,52,53,54)(H,55,56,57)(H2,40,41,42,43,44). The summed E-state index contributed by atoms with van der Waals surface area (Å²) in [6.07, 6.45) is 0. The molecule has 5 aromatic rings. The second-order valence-electron chi connectivity index (χ2n) is 12.8. The molecule has 0 aliphatic rings. The van der Waals surface area contributed by atoms with E-state index < -0.39 is 30.0 Å². The van der Waals surface area contributed by atoms with Crippen molar-refractivity contribution in [3.63, 3.8) is 0 Å². The van der Waals surface area contributed by atoms with Crippen LogP contribution < -0.4 is 29.9 Å². The van der Waals surface area contributed by atoms with Crippen LogP contribution in [-0.4, -0.2) is 98.8 Å². The Morgan fingerprint density at radius 1 is 0.613 bits per heavy atom. The molecule has 23 heteroatoms. The third-order valence-corrected chi connectivity index (χ3v) is 11.7. The Labute approximate surface area is 364 Å². The van der Waals surface area contributed by atoms with Gasteiger partial charge in [0.15, 0.2) is 5.16 Å². The van der Waals surface area contributed by atoms with E-state index in [2.05, 4.69) is 46.0 Å². The summed E-state index contributed by atoms with van der Waals surface area (Å²) in [7, 11) is -6.26. The molecule has 5 N–H and O–H groups in total. The largest absolute Gasteiger partial charge is 0.494 e. The van der Waals surface area contributed by atoms with Gasteiger partial charge < -0.3 is 35.0 Å². The number of azo groups is 2. The van der Waals surface area contributed by atoms with Gasteiger partial charge in [0, 0.05) is 44.1 Å². The number of nitrogens with zero attached hydrogens (tertiary/aromatic N) is 9. The maximum absolute atomic E-state index is 12.1. The molecule has 0 saturated heterocycles. The summed E-state index contributed by atoms with van der Waals surface area (Å²) in [4.78, 5) is 17.1. The number of methoxy groups -OCH3 is 2. The summed E-state index contributed by atoms with van der Waals surface area (Å²) in [6, 6.07) is 17.9. The van der Waals surface area contributed by atoms with Gasteiger partial charge in [-0.05, 0) is 64.1 Å². The molecule has 0 bridgehead atoms. The monoisotopic (exact) mass is 909 g/mol. The van der Waals surface area contributed by atoms with Crippen LogP contribution in [-0.2, 0) is 20.2 Å². The summed E-state index contributed by atoms with van der Waals surface area (Å²) in [5.74, 6) is 1.17. The second kappa shape index (κ2) is 21.2. The number of aliphatic hydroxyl groups is 1. The number of aliphatic hydroxyl groups excluding tert-OH is 1. The zero-order valence-corrected chi connectivity index (χ0v) is 37.2. The first-order valence-electron chi connectivity index (χ1n) is 19.1. The van der Waals surface area contributed by atoms with Crippen molar-refractivity contribution in [2.75, 3.05) is 73.2 Å². The number of rotatable bonds is 21. The Morgan fingerprint density at radius 2 is 1.00 bits per heavy atom. The number of hydrogen-bond acceptors (Lipinski definition) is 19. The molecular weight excluding hydrogens is 863 g/mol. The molecule has 20 nitrogen and oxygen atoms in total. The van der Waals surface area contributed by atoms with Gasteiger partial charge in [-0.25, -0.2) is 0 Å². The van der Waals surface area contributed by atoms with Crippen LogP contribution in [0.1, 0.15) is 27.7 Å². The second-order valence-corrected chi connectivity index (χ2v) is 16.6. The zero-order valence-electron chi connectivity index (χ0n) is 34.7. The Hall–Kier alpha value is -5.98. The Kier molecular flexibility index (Phi) is 16.1. The lowest BCUT2D eigenvalue weighted by Crippen LogP contribution is -2.22. The fourth-order valence-electron chi connectivity index (χ4n) is 6.07. The van der Waals surface area contributed by atoms with Crippen LogP contribution in [0, 0.1) is 0 Å². The molecule has 0 amide bonds. The Balaban J connectivity index is 1.68. The lowest BCUT2D eigenvalue weighted by molar-refractivity contribution is 0.322. The first kappa shape index (κ1) is 47.1. The third kappa shape index (κ3) is 11.7. The van der Waals surface area contributed by atoms with Gasteiger partial charge >= 0.3 is 0 Å². The molecule has 0 aliphatic heterocycles. The Morgan fingerprint density at radius 3 is 1.35 bits per heavy atom. The molecule has 0 saturated carbocycles. The lowest BCUT2D eigenvalue weighted by Gasteiger charge is -2.25. The van der Waals surface area contributed by atoms with Gasteiger partial charge in [-0.15, -0.1) is 20.5 Å². The smallest absolute Gasteiger partial charge is 0.296 e. The fraction of sp³-hybridized carbons (Fsp3) is 0.308. The molecule has 0 fully saturated rings. The van der Waals surface area contributed by atoms with E-state index in [0.29, 0.717) is 60.4 Å². The molecule has 0 atom stereocenters. The number of hydrogen-bond donors (Lipinski definition) is 5. The van der Waals surface area contributed by atoms with Crippen molar-refractivity contribution in [3.05, 3.63) is 72.8 Å². The quantitative estimate of drug-likeness (QED) is 0.0262. The van der Waals surface area contributed by atoms with Crippen molar-refractivity contribution in [2.24, 2.45) is 20.5 Å². The van der Waals surface area contributed by atoms with Gasteiger partial charge in [-0.3, -0.25) is 9.11 Å². The minimum atomic E-state index is -4.63. The van der Waals surface area contributed by atoms with Gasteiger partial charge in [0.1, 0.15) is 44.0 Å². The van der Waals surface area contributed by atoms with Gasteiger partial charge in [-0.1, -0.05) is 36.0 Å². The van der Waals surface area contributed by atoms with E-state index in [0.717, 1.165) is 11.8 Å². The van der Waals surface area contributed by atoms with E-state index in [-0.39, 0.29) is 52.2 Å². The van der Waals surface area contributed by atoms with Crippen LogP contribution in [0.5, 0.6) is 11.5 Å². The summed E-state index contributed by atoms with van der Waals surface area (Å²) >= 11 is 1.15. The molecule has 0 unspecified atom stereocenters. The summed E-state index contributed by atoms with van der Waals surface area (Å²) in [5, 5.41) is 33.5. The van der Waals surface area contributed by atoms with Crippen molar-refractivity contribution in [2.45, 2.75) is 42.6 Å². The van der Waals surface area contributed by atoms with E-state index in [4.69, 9.17) is 9.47 Å². The molecule has 1 heterocycles. The topological polar surface area (TPSA) is 266 Å². The minimum absolute atomic E-state index is 0.0242. The van der Waals surface area contributed by atoms with Gasteiger partial charge in [0.05, 0.1) is 43.6 Å². The SMILES string of the molecule is CCN(CC)c1cc(Nc2nc(Nc3cc(N(CC)CC)c(OC)cc3N=Nc3ccccc3S(=O)(=O)O)nc(SCCO)n2)c(N=Nc2ccccc2S(=O)(=O)O)cc1OC. The number of thioether (sulfide) groups is 1. The molecule has 4 aromatic carbocycles. The lowest BCUT2D eigenvalue weighted by atomic mass is 10.2. The molecule has 0 spiro atoms. The van der Waals surface area contributed by atoms with E-state index in [9.17, 15) is 31.0 Å². The van der Waals surface area contributed by atoms with E-state index in [1.54, 1.807) is 36.4 Å². The normalized spacial score (nSPS) is 11.9. The third-order valence-electron chi connectivity index (χ3n) is 9.05. The van der Waals surface area contributed by atoms with Crippen LogP contribution in [0.4, 0.5) is 57.4 Å². The van der Waals surface area contributed by atoms with Crippen molar-refractivity contribution in [1.29, 1.82) is 0 Å². The predicted octanol–water partition coefficient (Wildman–Crippen LogP) is 8.48. The van der Waals surface area contributed by atoms with Gasteiger partial charge in [0.25, 0.3) is 20.2 Å². The molecule has 0 aliphatic carbocycles. The van der Waals surface area contributed by atoms with Crippen molar-refractivity contribution >= 4 is 89.4 Å². The highest BCUT2D eigenvalue weighted by Crippen LogP contribution is 2.43. The number of anilines is 6. The minimum Gasteiger partial charge on any atom is -0.494 e. The van der Waals surface area contributed by atoms with Crippen LogP contribution in [0.15, 0.2) is 108 Å². The summed E-state index contributed by atoms with van der Waals surface area (Å²) in [5.41, 5.74) is 2.19. The van der Waals surface area contributed by atoms with Crippen LogP contribution in [0.2, 0.25) is 0 Å². The maximum Gasteiger partial charge on any atom is 0.296 e. The zero-order chi connectivity index (χ0) is 45.0. The van der Waals surface area contributed by atoms with Crippen LogP contribution >= 0.6 is 11.8 Å². The highest BCUT2D eigenvalue weighted by molar-refractivity contribution is 7.99. The number of ether oxygens (including phenoxy) is 2. The molecule has 5 rings (SSSR count). The first-order chi connectivity index (χ1) is 29.7. The fourth-order valence-corrected chi connectivity index (χ4v) is 7.90. The molecule has 62 heavy (non-hydrogen) atoms. The van der Waals surface area contributed by atoms with E-state index >= 15 is 0 Å². The van der Waals surface area contributed by atoms with Crippen molar-refractivity contribution in [1.82, 2.24) is 15.0 Å². The maximum atomic E-state index is 12.1. The number of benzene rings is 4. The molecule has 0 radical (unpaired) electrons. The highest BCUT2D eigenvalue weighted by Gasteiger charge is 2.21. The van der Waals surface area contributed by atoms with Crippen molar-refractivity contribution < 1.29 is 40.5 Å². The van der Waals surface area contributed by atoms with E-state index in [1.165, 1.54) is 50.6 Å². The van der Waals surface area contributed by atoms with Crippen molar-refractivity contribution in [3.8, 4) is 11.5 Å². The average molecular weight is 910 g/mol. The molecular formula is C39H47N11O9S3. The van der Waals surface area contributed by atoms with Gasteiger partial charge in [0.2, 0.25) is 11.9 Å². The highest BCUT2D eigenvalue weighted by atomic mass is 32.2.